The number of benzene rings is 2. The van der Waals surface area contributed by atoms with Crippen LogP contribution in [0.3, 0.4) is 0 Å². The lowest BCUT2D eigenvalue weighted by atomic mass is 9.95. The number of anilines is 1. The van der Waals surface area contributed by atoms with Crippen molar-refractivity contribution in [1.82, 2.24) is 29.3 Å². The molecule has 1 fully saturated rings. The van der Waals surface area contributed by atoms with Gasteiger partial charge in [0.1, 0.15) is 12.1 Å². The largest absolute Gasteiger partial charge is 0.336 e. The number of rotatable bonds is 4. The summed E-state index contributed by atoms with van der Waals surface area (Å²) in [5.41, 5.74) is 3.08. The van der Waals surface area contributed by atoms with E-state index < -0.39 is 17.3 Å². The zero-order valence-corrected chi connectivity index (χ0v) is 20.2. The van der Waals surface area contributed by atoms with Crippen LogP contribution in [-0.2, 0) is 29.0 Å². The van der Waals surface area contributed by atoms with Crippen LogP contribution in [0.4, 0.5) is 10.5 Å². The van der Waals surface area contributed by atoms with E-state index >= 15 is 0 Å². The van der Waals surface area contributed by atoms with E-state index in [4.69, 9.17) is 0 Å². The molecule has 1 aliphatic carbocycles. The molecule has 11 nitrogen and oxygen atoms in total. The molecule has 2 aliphatic rings. The molecule has 6 rings (SSSR count). The van der Waals surface area contributed by atoms with E-state index in [2.05, 4.69) is 20.6 Å². The lowest BCUT2D eigenvalue weighted by Crippen LogP contribution is -2.48. The van der Waals surface area contributed by atoms with Gasteiger partial charge in [-0.15, -0.1) is 0 Å². The molecule has 2 aromatic carbocycles. The highest BCUT2D eigenvalue weighted by Gasteiger charge is 2.54. The molecule has 1 saturated heterocycles. The van der Waals surface area contributed by atoms with Crippen molar-refractivity contribution in [2.75, 3.05) is 12.4 Å². The molecule has 4 amide bonds. The van der Waals surface area contributed by atoms with Gasteiger partial charge in [0.2, 0.25) is 11.9 Å². The first-order valence-electron chi connectivity index (χ1n) is 11.8. The van der Waals surface area contributed by atoms with Gasteiger partial charge in [-0.25, -0.2) is 24.1 Å². The highest BCUT2D eigenvalue weighted by molar-refractivity contribution is 6.07. The van der Waals surface area contributed by atoms with Crippen LogP contribution in [0, 0.1) is 6.92 Å². The predicted octanol–water partition coefficient (Wildman–Crippen LogP) is 1.55. The second-order valence-corrected chi connectivity index (χ2v) is 9.49. The summed E-state index contributed by atoms with van der Waals surface area (Å²) < 4.78 is 2.78. The van der Waals surface area contributed by atoms with Crippen LogP contribution in [0.2, 0.25) is 0 Å². The van der Waals surface area contributed by atoms with Crippen molar-refractivity contribution >= 4 is 34.6 Å². The number of hydrogen-bond donors (Lipinski definition) is 2. The number of carbonyl (C=O) groups is 3. The highest BCUT2D eigenvalue weighted by atomic mass is 16.2. The Kier molecular flexibility index (Phi) is 4.97. The Labute approximate surface area is 210 Å². The molecule has 1 spiro atoms. The van der Waals surface area contributed by atoms with Crippen molar-refractivity contribution in [3.63, 3.8) is 0 Å². The SMILES string of the molecule is Cc1cnc(-n2c(=O)n(CC(=O)Nc3ccc4c(c3)CC3(C4)C(=O)NC(=O)N3C)c3ccccc32)nc1. The monoisotopic (exact) mass is 497 g/mol. The van der Waals surface area contributed by atoms with Gasteiger partial charge in [0, 0.05) is 38.0 Å². The minimum atomic E-state index is -0.935. The molecule has 0 bridgehead atoms. The minimum absolute atomic E-state index is 0.209. The molecule has 1 aliphatic heterocycles. The molecule has 11 heteroatoms. The normalized spacial score (nSPS) is 18.5. The van der Waals surface area contributed by atoms with Crippen LogP contribution in [0.5, 0.6) is 0 Å². The van der Waals surface area contributed by atoms with E-state index in [0.29, 0.717) is 29.6 Å². The maximum absolute atomic E-state index is 13.3. The van der Waals surface area contributed by atoms with Crippen LogP contribution in [-0.4, -0.2) is 54.4 Å². The third kappa shape index (κ3) is 3.50. The van der Waals surface area contributed by atoms with Gasteiger partial charge in [-0.1, -0.05) is 18.2 Å². The van der Waals surface area contributed by atoms with Gasteiger partial charge in [-0.3, -0.25) is 19.5 Å². The number of amides is 4. The number of imidazole rings is 1. The van der Waals surface area contributed by atoms with E-state index in [-0.39, 0.29) is 24.3 Å². The molecule has 2 N–H and O–H groups in total. The van der Waals surface area contributed by atoms with Crippen molar-refractivity contribution in [3.05, 3.63) is 82.0 Å². The number of nitrogens with zero attached hydrogens (tertiary/aromatic N) is 5. The Morgan fingerprint density at radius 3 is 2.43 bits per heavy atom. The standard InChI is InChI=1S/C26H23N7O4/c1-15-12-27-23(28-13-15)33-20-6-4-3-5-19(20)32(25(33)37)14-21(34)29-18-8-7-16-10-26(11-17(16)9-18)22(35)30-24(36)31(26)2/h3-9,12-13H,10-11,14H2,1-2H3,(H,29,34)(H,30,35,36). The number of nitrogens with one attached hydrogen (secondary N) is 2. The summed E-state index contributed by atoms with van der Waals surface area (Å²) in [6, 6.07) is 12.2. The quantitative estimate of drug-likeness (QED) is 0.412. The van der Waals surface area contributed by atoms with E-state index in [1.54, 1.807) is 43.7 Å². The number of fused-ring (bicyclic) bond motifs is 2. The lowest BCUT2D eigenvalue weighted by molar-refractivity contribution is -0.125. The molecule has 0 saturated carbocycles. The zero-order chi connectivity index (χ0) is 25.9. The van der Waals surface area contributed by atoms with E-state index in [1.807, 2.05) is 25.1 Å². The average molecular weight is 498 g/mol. The third-order valence-electron chi connectivity index (χ3n) is 7.15. The topological polar surface area (TPSA) is 131 Å². The highest BCUT2D eigenvalue weighted by Crippen LogP contribution is 2.38. The maximum atomic E-state index is 13.3. The number of urea groups is 1. The van der Waals surface area contributed by atoms with Crippen LogP contribution in [0.15, 0.2) is 59.7 Å². The van der Waals surface area contributed by atoms with Crippen molar-refractivity contribution in [2.24, 2.45) is 0 Å². The molecule has 3 heterocycles. The maximum Gasteiger partial charge on any atom is 0.336 e. The molecule has 1 atom stereocenters. The Morgan fingerprint density at radius 1 is 1.03 bits per heavy atom. The molecule has 1 unspecified atom stereocenters. The molecule has 0 radical (unpaired) electrons. The van der Waals surface area contributed by atoms with Crippen molar-refractivity contribution < 1.29 is 14.4 Å². The summed E-state index contributed by atoms with van der Waals surface area (Å²) in [5.74, 6) is -0.457. The minimum Gasteiger partial charge on any atom is -0.325 e. The second kappa shape index (κ2) is 8.12. The lowest BCUT2D eigenvalue weighted by Gasteiger charge is -2.27. The summed E-state index contributed by atoms with van der Waals surface area (Å²) in [6.07, 6.45) is 4.05. The first-order valence-corrected chi connectivity index (χ1v) is 11.8. The van der Waals surface area contributed by atoms with Gasteiger partial charge in [-0.05, 0) is 47.9 Å². The van der Waals surface area contributed by atoms with Crippen molar-refractivity contribution in [1.29, 1.82) is 0 Å². The molecule has 2 aromatic heterocycles. The molecule has 186 valence electrons. The predicted molar refractivity (Wildman–Crippen MR) is 134 cm³/mol. The fourth-order valence-corrected chi connectivity index (χ4v) is 5.17. The average Bonchev–Trinajstić information content (AvgIpc) is 3.46. The van der Waals surface area contributed by atoms with E-state index in [9.17, 15) is 19.2 Å². The smallest absolute Gasteiger partial charge is 0.325 e. The number of aromatic nitrogens is 4. The van der Waals surface area contributed by atoms with Gasteiger partial charge in [0.25, 0.3) is 5.91 Å². The van der Waals surface area contributed by atoms with Gasteiger partial charge in [0.05, 0.1) is 11.0 Å². The first-order chi connectivity index (χ1) is 17.8. The van der Waals surface area contributed by atoms with Gasteiger partial charge >= 0.3 is 11.7 Å². The number of hydrogen-bond acceptors (Lipinski definition) is 6. The van der Waals surface area contributed by atoms with Gasteiger partial charge < -0.3 is 10.2 Å². The Balaban J connectivity index is 1.26. The van der Waals surface area contributed by atoms with Crippen LogP contribution in [0.1, 0.15) is 16.7 Å². The molecule has 37 heavy (non-hydrogen) atoms. The summed E-state index contributed by atoms with van der Waals surface area (Å²) in [5, 5.41) is 5.24. The fourth-order valence-electron chi connectivity index (χ4n) is 5.17. The van der Waals surface area contributed by atoms with Gasteiger partial charge in [0.15, 0.2) is 0 Å². The van der Waals surface area contributed by atoms with E-state index in [1.165, 1.54) is 14.0 Å². The Morgan fingerprint density at radius 2 is 1.73 bits per heavy atom. The summed E-state index contributed by atoms with van der Waals surface area (Å²) in [7, 11) is 1.62. The summed E-state index contributed by atoms with van der Waals surface area (Å²) in [4.78, 5) is 60.9. The molecular weight excluding hydrogens is 474 g/mol. The number of aryl methyl sites for hydroxylation is 1. The van der Waals surface area contributed by atoms with Crippen molar-refractivity contribution in [2.45, 2.75) is 31.8 Å². The Bertz CT molecular complexity index is 1670. The third-order valence-corrected chi connectivity index (χ3v) is 7.15. The summed E-state index contributed by atoms with van der Waals surface area (Å²) >= 11 is 0. The molecule has 4 aromatic rings. The van der Waals surface area contributed by atoms with Crippen LogP contribution >= 0.6 is 0 Å². The summed E-state index contributed by atoms with van der Waals surface area (Å²) in [6.45, 7) is 1.65. The van der Waals surface area contributed by atoms with Crippen molar-refractivity contribution in [3.8, 4) is 5.95 Å². The zero-order valence-electron chi connectivity index (χ0n) is 20.2. The number of likely N-dealkylation sites (N-methyl/N-ethyl adjacent to an activating group) is 1. The van der Waals surface area contributed by atoms with E-state index in [0.717, 1.165) is 16.7 Å². The first kappa shape index (κ1) is 22.7. The van der Waals surface area contributed by atoms with Crippen LogP contribution in [0.25, 0.3) is 17.0 Å². The second-order valence-electron chi connectivity index (χ2n) is 9.49. The number of imide groups is 1. The fraction of sp³-hybridized carbons (Fsp3) is 0.231. The Hall–Kier alpha value is -4.80. The van der Waals surface area contributed by atoms with Crippen LogP contribution < -0.4 is 16.3 Å². The number of carbonyl (C=O) groups excluding carboxylic acids is 3. The number of para-hydroxylation sites is 2. The van der Waals surface area contributed by atoms with Gasteiger partial charge in [-0.2, -0.15) is 0 Å². The molecular formula is C26H23N7O4.